The molecule has 0 spiro atoms. The van der Waals surface area contributed by atoms with Crippen molar-refractivity contribution < 1.29 is 4.79 Å². The Morgan fingerprint density at radius 3 is 2.48 bits per heavy atom. The molecule has 3 aromatic rings. The average molecular weight is 351 g/mol. The van der Waals surface area contributed by atoms with Crippen molar-refractivity contribution in [3.63, 3.8) is 0 Å². The fraction of sp³-hybridized carbons (Fsp3) is 0.300. The van der Waals surface area contributed by atoms with Crippen molar-refractivity contribution in [2.45, 2.75) is 25.7 Å². The highest BCUT2D eigenvalue weighted by molar-refractivity contribution is 7.21. The molecule has 1 saturated heterocycles. The quantitative estimate of drug-likeness (QED) is 0.674. The molecule has 5 heteroatoms. The third-order valence-electron chi connectivity index (χ3n) is 4.59. The zero-order chi connectivity index (χ0) is 17.1. The fourth-order valence-corrected chi connectivity index (χ4v) is 4.24. The second-order valence-corrected chi connectivity index (χ2v) is 7.39. The summed E-state index contributed by atoms with van der Waals surface area (Å²) < 4.78 is 1.16. The third-order valence-corrected chi connectivity index (χ3v) is 5.66. The number of hydrogen-bond donors (Lipinski definition) is 1. The number of amides is 2. The Morgan fingerprint density at radius 2 is 1.68 bits per heavy atom. The summed E-state index contributed by atoms with van der Waals surface area (Å²) in [7, 11) is 0. The normalized spacial score (nSPS) is 15.1. The Hall–Kier alpha value is -2.40. The summed E-state index contributed by atoms with van der Waals surface area (Å²) >= 11 is 1.65. The first kappa shape index (κ1) is 16.1. The minimum Gasteiger partial charge on any atom is -0.325 e. The minimum absolute atomic E-state index is 0.00420. The van der Waals surface area contributed by atoms with Gasteiger partial charge in [-0.3, -0.25) is 0 Å². The topological polar surface area (TPSA) is 45.2 Å². The fourth-order valence-electron chi connectivity index (χ4n) is 3.23. The number of nitrogens with zero attached hydrogens (tertiary/aromatic N) is 2. The molecule has 0 bridgehead atoms. The van der Waals surface area contributed by atoms with E-state index in [0.29, 0.717) is 0 Å². The van der Waals surface area contributed by atoms with Gasteiger partial charge in [-0.15, -0.1) is 11.3 Å². The maximum absolute atomic E-state index is 12.7. The molecular weight excluding hydrogens is 330 g/mol. The molecule has 1 aromatic heterocycles. The van der Waals surface area contributed by atoms with Gasteiger partial charge in [0, 0.05) is 18.7 Å². The van der Waals surface area contributed by atoms with Crippen LogP contribution in [0.25, 0.3) is 20.8 Å². The van der Waals surface area contributed by atoms with Crippen molar-refractivity contribution >= 4 is 33.3 Å². The van der Waals surface area contributed by atoms with Crippen LogP contribution in [0.5, 0.6) is 0 Å². The molecule has 0 aliphatic carbocycles. The number of aromatic nitrogens is 1. The summed E-state index contributed by atoms with van der Waals surface area (Å²) in [6.45, 7) is 1.68. The van der Waals surface area contributed by atoms with Crippen LogP contribution >= 0.6 is 11.3 Å². The first-order valence-corrected chi connectivity index (χ1v) is 9.64. The highest BCUT2D eigenvalue weighted by Crippen LogP contribution is 2.34. The van der Waals surface area contributed by atoms with E-state index in [9.17, 15) is 4.79 Å². The third kappa shape index (κ3) is 3.51. The number of urea groups is 1. The molecule has 1 fully saturated rings. The zero-order valence-electron chi connectivity index (χ0n) is 14.1. The van der Waals surface area contributed by atoms with Crippen LogP contribution in [-0.4, -0.2) is 29.0 Å². The van der Waals surface area contributed by atoms with Gasteiger partial charge in [0.15, 0.2) is 0 Å². The van der Waals surface area contributed by atoms with Crippen LogP contribution in [0.2, 0.25) is 0 Å². The molecule has 0 atom stereocenters. The van der Waals surface area contributed by atoms with Gasteiger partial charge in [-0.1, -0.05) is 37.1 Å². The second kappa shape index (κ2) is 7.23. The lowest BCUT2D eigenvalue weighted by Gasteiger charge is -2.21. The van der Waals surface area contributed by atoms with Crippen LogP contribution in [0.3, 0.4) is 0 Å². The highest BCUT2D eigenvalue weighted by atomic mass is 32.1. The predicted octanol–water partition coefficient (Wildman–Crippen LogP) is 5.37. The van der Waals surface area contributed by atoms with E-state index in [2.05, 4.69) is 11.4 Å². The number of benzene rings is 2. The number of carbonyl (C=O) groups is 1. The van der Waals surface area contributed by atoms with Crippen molar-refractivity contribution in [2.75, 3.05) is 18.4 Å². The summed E-state index contributed by atoms with van der Waals surface area (Å²) in [5.41, 5.74) is 2.80. The molecule has 1 aliphatic rings. The van der Waals surface area contributed by atoms with Crippen LogP contribution in [0.1, 0.15) is 25.7 Å². The molecule has 25 heavy (non-hydrogen) atoms. The molecule has 2 heterocycles. The summed E-state index contributed by atoms with van der Waals surface area (Å²) in [5.74, 6) is 0. The SMILES string of the molecule is O=C(Nc1ccccc1-c1nc2ccccc2s1)N1CCCCCC1. The van der Waals surface area contributed by atoms with Gasteiger partial charge in [0.1, 0.15) is 5.01 Å². The summed E-state index contributed by atoms with van der Waals surface area (Å²) in [5, 5.41) is 4.04. The molecule has 0 saturated carbocycles. The minimum atomic E-state index is -0.00420. The summed E-state index contributed by atoms with van der Waals surface area (Å²) in [4.78, 5) is 19.3. The van der Waals surface area contributed by atoms with E-state index in [1.54, 1.807) is 11.3 Å². The molecular formula is C20H21N3OS. The predicted molar refractivity (Wildman–Crippen MR) is 104 cm³/mol. The first-order chi connectivity index (χ1) is 12.3. The Kier molecular flexibility index (Phi) is 4.65. The molecule has 4 nitrogen and oxygen atoms in total. The number of para-hydroxylation sites is 2. The van der Waals surface area contributed by atoms with Crippen LogP contribution in [0, 0.1) is 0 Å². The smallest absolute Gasteiger partial charge is 0.321 e. The van der Waals surface area contributed by atoms with E-state index >= 15 is 0 Å². The molecule has 0 radical (unpaired) electrons. The molecule has 128 valence electrons. The van der Waals surface area contributed by atoms with E-state index in [1.165, 1.54) is 12.8 Å². The van der Waals surface area contributed by atoms with Crippen molar-refractivity contribution in [2.24, 2.45) is 0 Å². The van der Waals surface area contributed by atoms with Gasteiger partial charge in [0.25, 0.3) is 0 Å². The highest BCUT2D eigenvalue weighted by Gasteiger charge is 2.18. The second-order valence-electron chi connectivity index (χ2n) is 6.36. The van der Waals surface area contributed by atoms with Gasteiger partial charge in [0.2, 0.25) is 0 Å². The van der Waals surface area contributed by atoms with Gasteiger partial charge in [-0.2, -0.15) is 0 Å². The number of rotatable bonds is 2. The van der Waals surface area contributed by atoms with Crippen LogP contribution in [0.15, 0.2) is 48.5 Å². The number of likely N-dealkylation sites (tertiary alicyclic amines) is 1. The molecule has 0 unspecified atom stereocenters. The van der Waals surface area contributed by atoms with Crippen molar-refractivity contribution in [1.82, 2.24) is 9.88 Å². The number of nitrogens with one attached hydrogen (secondary N) is 1. The van der Waals surface area contributed by atoms with Crippen LogP contribution in [-0.2, 0) is 0 Å². The number of carbonyl (C=O) groups excluding carboxylic acids is 1. The van der Waals surface area contributed by atoms with E-state index in [-0.39, 0.29) is 6.03 Å². The maximum Gasteiger partial charge on any atom is 0.321 e. The van der Waals surface area contributed by atoms with E-state index in [4.69, 9.17) is 4.98 Å². The standard InChI is InChI=1S/C20H21N3OS/c24-20(23-13-7-1-2-8-14-23)22-16-10-4-3-9-15(16)19-21-17-11-5-6-12-18(17)25-19/h3-6,9-12H,1-2,7-8,13-14H2,(H,22,24). The molecule has 2 amide bonds. The average Bonchev–Trinajstić information content (AvgIpc) is 2.87. The van der Waals surface area contributed by atoms with Gasteiger partial charge in [0.05, 0.1) is 15.9 Å². The summed E-state index contributed by atoms with van der Waals surface area (Å²) in [6, 6.07) is 16.0. The van der Waals surface area contributed by atoms with Gasteiger partial charge in [-0.05, 0) is 37.1 Å². The Morgan fingerprint density at radius 1 is 0.960 bits per heavy atom. The van der Waals surface area contributed by atoms with Gasteiger partial charge >= 0.3 is 6.03 Å². The Balaban J connectivity index is 1.61. The number of hydrogen-bond acceptors (Lipinski definition) is 3. The maximum atomic E-state index is 12.7. The van der Waals surface area contributed by atoms with E-state index in [0.717, 1.165) is 52.4 Å². The van der Waals surface area contributed by atoms with Crippen LogP contribution in [0.4, 0.5) is 10.5 Å². The lowest BCUT2D eigenvalue weighted by atomic mass is 10.2. The number of anilines is 1. The zero-order valence-corrected chi connectivity index (χ0v) is 14.9. The van der Waals surface area contributed by atoms with Crippen molar-refractivity contribution in [3.05, 3.63) is 48.5 Å². The Bertz CT molecular complexity index is 848. The largest absolute Gasteiger partial charge is 0.325 e. The van der Waals surface area contributed by atoms with Crippen molar-refractivity contribution in [1.29, 1.82) is 0 Å². The van der Waals surface area contributed by atoms with Gasteiger partial charge < -0.3 is 10.2 Å². The molecule has 2 aromatic carbocycles. The number of thiazole rings is 1. The van der Waals surface area contributed by atoms with Crippen LogP contribution < -0.4 is 5.32 Å². The molecule has 1 aliphatic heterocycles. The summed E-state index contributed by atoms with van der Waals surface area (Å²) in [6.07, 6.45) is 4.61. The lowest BCUT2D eigenvalue weighted by Crippen LogP contribution is -2.35. The molecule has 4 rings (SSSR count). The number of fused-ring (bicyclic) bond motifs is 1. The monoisotopic (exact) mass is 351 g/mol. The van der Waals surface area contributed by atoms with E-state index < -0.39 is 0 Å². The Labute approximate surface area is 151 Å². The van der Waals surface area contributed by atoms with Crippen molar-refractivity contribution in [3.8, 4) is 10.6 Å². The first-order valence-electron chi connectivity index (χ1n) is 8.82. The van der Waals surface area contributed by atoms with Gasteiger partial charge in [-0.25, -0.2) is 9.78 Å². The molecule has 1 N–H and O–H groups in total. The van der Waals surface area contributed by atoms with E-state index in [1.807, 2.05) is 47.4 Å². The lowest BCUT2D eigenvalue weighted by molar-refractivity contribution is 0.214.